The Bertz CT molecular complexity index is 1080. The molecule has 0 N–H and O–H groups in total. The normalized spacial score (nSPS) is 11.7. The fraction of sp³-hybridized carbons (Fsp3) is 0.286. The SMILES string of the molecule is C[N+](C)(C)Cc1cccc(OC(=O)c2ccccc2C(=O)Oc2cccc(C[N+](C)(C)C)c2)c1. The summed E-state index contributed by atoms with van der Waals surface area (Å²) in [5.74, 6) is -0.332. The van der Waals surface area contributed by atoms with Crippen LogP contribution in [0.3, 0.4) is 0 Å². The zero-order valence-electron chi connectivity index (χ0n) is 20.9. The summed E-state index contributed by atoms with van der Waals surface area (Å²) < 4.78 is 12.7. The van der Waals surface area contributed by atoms with Gasteiger partial charge in [0.25, 0.3) is 0 Å². The average molecular weight is 463 g/mol. The minimum Gasteiger partial charge on any atom is -0.423 e. The summed E-state index contributed by atoms with van der Waals surface area (Å²) in [6.07, 6.45) is 0. The number of esters is 2. The molecule has 0 spiro atoms. The van der Waals surface area contributed by atoms with Crippen LogP contribution in [0.5, 0.6) is 11.5 Å². The van der Waals surface area contributed by atoms with Crippen LogP contribution in [-0.4, -0.2) is 63.2 Å². The molecule has 0 radical (unpaired) electrons. The van der Waals surface area contributed by atoms with Gasteiger partial charge in [0.05, 0.1) is 53.4 Å². The van der Waals surface area contributed by atoms with Crippen molar-refractivity contribution in [3.05, 3.63) is 95.1 Å². The molecule has 178 valence electrons. The number of ether oxygens (including phenoxy) is 2. The molecule has 3 aromatic carbocycles. The lowest BCUT2D eigenvalue weighted by Gasteiger charge is -2.24. The van der Waals surface area contributed by atoms with E-state index in [-0.39, 0.29) is 11.1 Å². The minimum absolute atomic E-state index is 0.159. The van der Waals surface area contributed by atoms with Gasteiger partial charge in [0, 0.05) is 11.1 Å². The Balaban J connectivity index is 1.77. The summed E-state index contributed by atoms with van der Waals surface area (Å²) in [5.41, 5.74) is 2.43. The van der Waals surface area contributed by atoms with Gasteiger partial charge in [-0.2, -0.15) is 0 Å². The first-order valence-electron chi connectivity index (χ1n) is 11.2. The molecule has 0 amide bonds. The molecule has 0 atom stereocenters. The van der Waals surface area contributed by atoms with E-state index >= 15 is 0 Å². The highest BCUT2D eigenvalue weighted by Gasteiger charge is 2.21. The Morgan fingerprint density at radius 1 is 0.588 bits per heavy atom. The molecule has 0 saturated heterocycles. The van der Waals surface area contributed by atoms with Gasteiger partial charge in [-0.05, 0) is 36.4 Å². The maximum atomic E-state index is 13.0. The molecule has 0 unspecified atom stereocenters. The van der Waals surface area contributed by atoms with Crippen LogP contribution in [-0.2, 0) is 13.1 Å². The number of rotatable bonds is 8. The molecule has 0 aliphatic heterocycles. The molecule has 0 aliphatic carbocycles. The van der Waals surface area contributed by atoms with Gasteiger partial charge in [-0.1, -0.05) is 36.4 Å². The fourth-order valence-electron chi connectivity index (χ4n) is 3.67. The molecular weight excluding hydrogens is 428 g/mol. The first kappa shape index (κ1) is 25.1. The molecule has 0 saturated carbocycles. The second kappa shape index (κ2) is 10.2. The van der Waals surface area contributed by atoms with Crippen molar-refractivity contribution in [2.75, 3.05) is 42.3 Å². The van der Waals surface area contributed by atoms with E-state index in [1.54, 1.807) is 36.4 Å². The first-order valence-corrected chi connectivity index (χ1v) is 11.2. The van der Waals surface area contributed by atoms with Crippen LogP contribution in [0.4, 0.5) is 0 Å². The number of benzene rings is 3. The second-order valence-corrected chi connectivity index (χ2v) is 10.5. The van der Waals surface area contributed by atoms with E-state index in [1.165, 1.54) is 0 Å². The summed E-state index contributed by atoms with van der Waals surface area (Å²) in [5, 5.41) is 0. The van der Waals surface area contributed by atoms with Crippen LogP contribution in [0.1, 0.15) is 31.8 Å². The van der Waals surface area contributed by atoms with Crippen molar-refractivity contribution < 1.29 is 28.0 Å². The first-order chi connectivity index (χ1) is 15.9. The number of hydrogen-bond donors (Lipinski definition) is 0. The third-order valence-corrected chi connectivity index (χ3v) is 4.90. The van der Waals surface area contributed by atoms with Gasteiger partial charge >= 0.3 is 11.9 Å². The molecule has 3 rings (SSSR count). The highest BCUT2D eigenvalue weighted by atomic mass is 16.5. The Morgan fingerprint density at radius 2 is 0.971 bits per heavy atom. The highest BCUT2D eigenvalue weighted by Crippen LogP contribution is 2.21. The van der Waals surface area contributed by atoms with Crippen LogP contribution in [0, 0.1) is 0 Å². The largest absolute Gasteiger partial charge is 0.423 e. The zero-order valence-corrected chi connectivity index (χ0v) is 20.9. The van der Waals surface area contributed by atoms with Crippen molar-refractivity contribution in [1.29, 1.82) is 0 Å². The van der Waals surface area contributed by atoms with E-state index in [1.807, 2.05) is 36.4 Å². The topological polar surface area (TPSA) is 52.6 Å². The lowest BCUT2D eigenvalue weighted by molar-refractivity contribution is -0.884. The quantitative estimate of drug-likeness (QED) is 0.280. The van der Waals surface area contributed by atoms with Gasteiger partial charge in [0.15, 0.2) is 0 Å². The van der Waals surface area contributed by atoms with Gasteiger partial charge in [-0.3, -0.25) is 0 Å². The molecule has 3 aromatic rings. The molecular formula is C28H34N2O4+2. The summed E-state index contributed by atoms with van der Waals surface area (Å²) in [4.78, 5) is 25.9. The third kappa shape index (κ3) is 7.54. The average Bonchev–Trinajstić information content (AvgIpc) is 2.71. The monoisotopic (exact) mass is 462 g/mol. The highest BCUT2D eigenvalue weighted by molar-refractivity contribution is 6.04. The van der Waals surface area contributed by atoms with Gasteiger partial charge in [0.2, 0.25) is 0 Å². The Labute approximate surface area is 202 Å². The van der Waals surface area contributed by atoms with Crippen molar-refractivity contribution >= 4 is 11.9 Å². The lowest BCUT2D eigenvalue weighted by atomic mass is 10.1. The van der Waals surface area contributed by atoms with Gasteiger partial charge in [-0.15, -0.1) is 0 Å². The standard InChI is InChI=1S/C28H34N2O4/c1-29(2,3)19-21-11-9-13-23(17-21)33-27(31)25-15-7-8-16-26(25)28(32)34-24-14-10-12-22(18-24)20-30(4,5)6/h7-18H,19-20H2,1-6H3/q+2. The maximum absolute atomic E-state index is 13.0. The van der Waals surface area contributed by atoms with Crippen LogP contribution in [0.15, 0.2) is 72.8 Å². The number of carbonyl (C=O) groups excluding carboxylic acids is 2. The van der Waals surface area contributed by atoms with Crippen molar-refractivity contribution in [1.82, 2.24) is 0 Å². The Morgan fingerprint density at radius 3 is 1.32 bits per heavy atom. The summed E-state index contributed by atoms with van der Waals surface area (Å²) in [7, 11) is 12.6. The molecule has 0 heterocycles. The predicted molar refractivity (Wildman–Crippen MR) is 133 cm³/mol. The summed E-state index contributed by atoms with van der Waals surface area (Å²) in [6.45, 7) is 1.59. The maximum Gasteiger partial charge on any atom is 0.344 e. The number of hydrogen-bond acceptors (Lipinski definition) is 4. The number of nitrogens with zero attached hydrogens (tertiary/aromatic N) is 2. The van der Waals surface area contributed by atoms with E-state index in [9.17, 15) is 9.59 Å². The smallest absolute Gasteiger partial charge is 0.344 e. The van der Waals surface area contributed by atoms with Gasteiger partial charge in [-0.25, -0.2) is 9.59 Å². The minimum atomic E-state index is -0.603. The van der Waals surface area contributed by atoms with E-state index in [0.717, 1.165) is 33.2 Å². The van der Waals surface area contributed by atoms with E-state index < -0.39 is 11.9 Å². The lowest BCUT2D eigenvalue weighted by Crippen LogP contribution is -2.33. The van der Waals surface area contributed by atoms with Crippen molar-refractivity contribution in [2.45, 2.75) is 13.1 Å². The van der Waals surface area contributed by atoms with Crippen molar-refractivity contribution in [2.24, 2.45) is 0 Å². The Hall–Kier alpha value is -3.48. The van der Waals surface area contributed by atoms with Crippen LogP contribution >= 0.6 is 0 Å². The summed E-state index contributed by atoms with van der Waals surface area (Å²) >= 11 is 0. The van der Waals surface area contributed by atoms with E-state index in [2.05, 4.69) is 42.3 Å². The van der Waals surface area contributed by atoms with E-state index in [4.69, 9.17) is 9.47 Å². The molecule has 0 bridgehead atoms. The van der Waals surface area contributed by atoms with Crippen molar-refractivity contribution in [3.8, 4) is 11.5 Å². The van der Waals surface area contributed by atoms with Crippen LogP contribution in [0.2, 0.25) is 0 Å². The molecule has 0 fully saturated rings. The molecule has 6 nitrogen and oxygen atoms in total. The predicted octanol–water partition coefficient (Wildman–Crippen LogP) is 4.54. The molecule has 6 heteroatoms. The molecule has 0 aromatic heterocycles. The van der Waals surface area contributed by atoms with E-state index in [0.29, 0.717) is 11.5 Å². The second-order valence-electron chi connectivity index (χ2n) is 10.5. The molecule has 0 aliphatic rings. The number of carbonyl (C=O) groups is 2. The van der Waals surface area contributed by atoms with Gasteiger partial charge in [0.1, 0.15) is 24.6 Å². The summed E-state index contributed by atoms with van der Waals surface area (Å²) in [6, 6.07) is 21.4. The number of quaternary nitrogens is 2. The van der Waals surface area contributed by atoms with Crippen molar-refractivity contribution in [3.63, 3.8) is 0 Å². The Kier molecular flexibility index (Phi) is 7.54. The molecule has 34 heavy (non-hydrogen) atoms. The third-order valence-electron chi connectivity index (χ3n) is 4.90. The van der Waals surface area contributed by atoms with Crippen LogP contribution < -0.4 is 9.47 Å². The zero-order chi connectivity index (χ0) is 24.9. The van der Waals surface area contributed by atoms with Crippen LogP contribution in [0.25, 0.3) is 0 Å². The van der Waals surface area contributed by atoms with Gasteiger partial charge < -0.3 is 18.4 Å². The fourth-order valence-corrected chi connectivity index (χ4v) is 3.67.